The van der Waals surface area contributed by atoms with Crippen molar-refractivity contribution in [2.45, 2.75) is 51.0 Å². The Balaban J connectivity index is 1.38. The molecule has 0 aromatic carbocycles. The molecule has 2 bridgehead atoms. The number of piperidine rings is 1. The van der Waals surface area contributed by atoms with E-state index < -0.39 is 0 Å². The number of rotatable bonds is 4. The number of aromatic nitrogens is 1. The molecule has 5 nitrogen and oxygen atoms in total. The summed E-state index contributed by atoms with van der Waals surface area (Å²) in [6.07, 6.45) is 10.3. The van der Waals surface area contributed by atoms with Gasteiger partial charge in [0.1, 0.15) is 0 Å². The first kappa shape index (κ1) is 16.6. The lowest BCUT2D eigenvalue weighted by Crippen LogP contribution is -2.48. The van der Waals surface area contributed by atoms with Crippen LogP contribution in [0.2, 0.25) is 0 Å². The molecule has 0 N–H and O–H groups in total. The summed E-state index contributed by atoms with van der Waals surface area (Å²) in [6, 6.07) is 4.15. The van der Waals surface area contributed by atoms with Crippen LogP contribution in [0, 0.1) is 11.8 Å². The van der Waals surface area contributed by atoms with Gasteiger partial charge in [-0.05, 0) is 49.7 Å². The fraction of sp³-hybridized carbons (Fsp3) is 0.650. The second kappa shape index (κ2) is 7.14. The quantitative estimate of drug-likeness (QED) is 0.844. The molecule has 2 atom stereocenters. The van der Waals surface area contributed by atoms with Gasteiger partial charge in [-0.15, -0.1) is 0 Å². The number of amides is 2. The summed E-state index contributed by atoms with van der Waals surface area (Å²) in [4.78, 5) is 33.7. The SMILES string of the molecule is O=C(C1CCC1)N1C[C@H]2CC[C@@H](C1)N(C(=O)CCc1cccnc1)C2. The normalized spacial score (nSPS) is 26.2. The Morgan fingerprint density at radius 3 is 2.72 bits per heavy atom. The van der Waals surface area contributed by atoms with Crippen molar-refractivity contribution in [2.24, 2.45) is 11.8 Å². The van der Waals surface area contributed by atoms with E-state index >= 15 is 0 Å². The van der Waals surface area contributed by atoms with E-state index in [9.17, 15) is 9.59 Å². The van der Waals surface area contributed by atoms with Crippen LogP contribution in [0.3, 0.4) is 0 Å². The molecule has 134 valence electrons. The molecule has 3 saturated heterocycles. The standard InChI is InChI=1S/C20H27N3O2/c24-19(9-7-15-3-2-10-21-11-15)23-13-16-6-8-18(23)14-22(12-16)20(25)17-4-1-5-17/h2-3,10-11,16-18H,1,4-9,12-14H2/t16-,18+/m1/s1. The van der Waals surface area contributed by atoms with Crippen molar-refractivity contribution in [3.63, 3.8) is 0 Å². The van der Waals surface area contributed by atoms with Crippen LogP contribution in [0.25, 0.3) is 0 Å². The van der Waals surface area contributed by atoms with Gasteiger partial charge in [-0.2, -0.15) is 0 Å². The topological polar surface area (TPSA) is 53.5 Å². The monoisotopic (exact) mass is 341 g/mol. The minimum atomic E-state index is 0.212. The zero-order chi connectivity index (χ0) is 17.2. The van der Waals surface area contributed by atoms with Gasteiger partial charge >= 0.3 is 0 Å². The first-order valence-electron chi connectivity index (χ1n) is 9.68. The molecule has 2 amide bonds. The van der Waals surface area contributed by atoms with Gasteiger partial charge in [0.15, 0.2) is 0 Å². The Labute approximate surface area is 149 Å². The summed E-state index contributed by atoms with van der Waals surface area (Å²) in [7, 11) is 0. The molecule has 25 heavy (non-hydrogen) atoms. The minimum absolute atomic E-state index is 0.212. The predicted molar refractivity (Wildman–Crippen MR) is 94.7 cm³/mol. The average Bonchev–Trinajstić information content (AvgIpc) is 2.91. The maximum atomic E-state index is 12.8. The number of pyridine rings is 1. The maximum absolute atomic E-state index is 12.8. The highest BCUT2D eigenvalue weighted by Crippen LogP contribution is 2.33. The fourth-order valence-corrected chi connectivity index (χ4v) is 4.42. The molecule has 0 spiro atoms. The van der Waals surface area contributed by atoms with Crippen LogP contribution < -0.4 is 0 Å². The van der Waals surface area contributed by atoms with Gasteiger partial charge in [-0.1, -0.05) is 12.5 Å². The van der Waals surface area contributed by atoms with Crippen LogP contribution in [0.1, 0.15) is 44.1 Å². The van der Waals surface area contributed by atoms with E-state index in [1.165, 1.54) is 6.42 Å². The van der Waals surface area contributed by atoms with Crippen molar-refractivity contribution in [1.29, 1.82) is 0 Å². The van der Waals surface area contributed by atoms with Crippen molar-refractivity contribution >= 4 is 11.8 Å². The van der Waals surface area contributed by atoms with Crippen LogP contribution in [0.5, 0.6) is 0 Å². The zero-order valence-corrected chi connectivity index (χ0v) is 14.8. The lowest BCUT2D eigenvalue weighted by Gasteiger charge is -2.36. The third-order valence-corrected chi connectivity index (χ3v) is 6.15. The second-order valence-electron chi connectivity index (χ2n) is 7.88. The third kappa shape index (κ3) is 3.55. The number of carbonyl (C=O) groups excluding carboxylic acids is 2. The molecular formula is C20H27N3O2. The first-order valence-corrected chi connectivity index (χ1v) is 9.68. The van der Waals surface area contributed by atoms with E-state index in [0.717, 1.165) is 57.3 Å². The van der Waals surface area contributed by atoms with Gasteiger partial charge in [0, 0.05) is 50.4 Å². The molecule has 1 aromatic heterocycles. The van der Waals surface area contributed by atoms with Crippen LogP contribution in [0.4, 0.5) is 0 Å². The van der Waals surface area contributed by atoms with E-state index in [4.69, 9.17) is 0 Å². The molecule has 1 aromatic rings. The molecule has 4 fully saturated rings. The summed E-state index contributed by atoms with van der Waals surface area (Å²) >= 11 is 0. The molecular weight excluding hydrogens is 314 g/mol. The van der Waals surface area contributed by atoms with Crippen LogP contribution in [-0.2, 0) is 16.0 Å². The van der Waals surface area contributed by atoms with Gasteiger partial charge < -0.3 is 9.80 Å². The lowest BCUT2D eigenvalue weighted by molar-refractivity contribution is -0.140. The minimum Gasteiger partial charge on any atom is -0.340 e. The molecule has 0 unspecified atom stereocenters. The van der Waals surface area contributed by atoms with E-state index in [-0.39, 0.29) is 17.9 Å². The summed E-state index contributed by atoms with van der Waals surface area (Å²) in [5, 5.41) is 0. The maximum Gasteiger partial charge on any atom is 0.225 e. The summed E-state index contributed by atoms with van der Waals surface area (Å²) in [5.74, 6) is 1.28. The summed E-state index contributed by atoms with van der Waals surface area (Å²) in [5.41, 5.74) is 1.11. The molecule has 5 heteroatoms. The molecule has 1 saturated carbocycles. The van der Waals surface area contributed by atoms with Gasteiger partial charge in [-0.3, -0.25) is 14.6 Å². The Morgan fingerprint density at radius 2 is 2.00 bits per heavy atom. The number of carbonyl (C=O) groups is 2. The van der Waals surface area contributed by atoms with Crippen molar-refractivity contribution in [2.75, 3.05) is 19.6 Å². The van der Waals surface area contributed by atoms with Gasteiger partial charge in [0.2, 0.25) is 11.8 Å². The zero-order valence-electron chi connectivity index (χ0n) is 14.8. The Morgan fingerprint density at radius 1 is 1.12 bits per heavy atom. The van der Waals surface area contributed by atoms with E-state index in [0.29, 0.717) is 18.2 Å². The van der Waals surface area contributed by atoms with Gasteiger partial charge in [0.25, 0.3) is 0 Å². The van der Waals surface area contributed by atoms with E-state index in [1.54, 1.807) is 6.20 Å². The molecule has 5 rings (SSSR count). The largest absolute Gasteiger partial charge is 0.340 e. The van der Waals surface area contributed by atoms with E-state index in [1.807, 2.05) is 18.3 Å². The highest BCUT2D eigenvalue weighted by Gasteiger charge is 2.40. The highest BCUT2D eigenvalue weighted by atomic mass is 16.2. The van der Waals surface area contributed by atoms with Crippen LogP contribution in [0.15, 0.2) is 24.5 Å². The molecule has 3 aliphatic heterocycles. The Bertz CT molecular complexity index is 629. The lowest BCUT2D eigenvalue weighted by atomic mass is 9.84. The molecule has 0 radical (unpaired) electrons. The Kier molecular flexibility index (Phi) is 4.73. The average molecular weight is 341 g/mol. The second-order valence-corrected chi connectivity index (χ2v) is 7.88. The number of nitrogens with zero attached hydrogens (tertiary/aromatic N) is 3. The van der Waals surface area contributed by atoms with Crippen LogP contribution >= 0.6 is 0 Å². The number of aryl methyl sites for hydroxylation is 1. The van der Waals surface area contributed by atoms with Crippen molar-refractivity contribution in [3.8, 4) is 0 Å². The highest BCUT2D eigenvalue weighted by molar-refractivity contribution is 5.80. The van der Waals surface area contributed by atoms with Crippen molar-refractivity contribution in [3.05, 3.63) is 30.1 Å². The Hall–Kier alpha value is -1.91. The van der Waals surface area contributed by atoms with Gasteiger partial charge in [-0.25, -0.2) is 0 Å². The fourth-order valence-electron chi connectivity index (χ4n) is 4.42. The number of hydrogen-bond donors (Lipinski definition) is 0. The molecule has 4 heterocycles. The number of hydrogen-bond acceptors (Lipinski definition) is 3. The van der Waals surface area contributed by atoms with Crippen LogP contribution in [-0.4, -0.2) is 52.3 Å². The summed E-state index contributed by atoms with van der Waals surface area (Å²) in [6.45, 7) is 2.41. The van der Waals surface area contributed by atoms with Crippen molar-refractivity contribution < 1.29 is 9.59 Å². The van der Waals surface area contributed by atoms with Crippen molar-refractivity contribution in [1.82, 2.24) is 14.8 Å². The summed E-state index contributed by atoms with van der Waals surface area (Å²) < 4.78 is 0. The predicted octanol–water partition coefficient (Wildman–Crippen LogP) is 2.26. The smallest absolute Gasteiger partial charge is 0.225 e. The molecule has 4 aliphatic rings. The molecule has 1 aliphatic carbocycles. The number of fused-ring (bicyclic) bond motifs is 4. The van der Waals surface area contributed by atoms with E-state index in [2.05, 4.69) is 14.8 Å². The third-order valence-electron chi connectivity index (χ3n) is 6.15. The first-order chi connectivity index (χ1) is 12.2. The van der Waals surface area contributed by atoms with Gasteiger partial charge in [0.05, 0.1) is 0 Å².